The largest absolute Gasteiger partial charge is 0.342 e. The fraction of sp³-hybridized carbons (Fsp3) is 0.462. The van der Waals surface area contributed by atoms with Gasteiger partial charge in [0.25, 0.3) is 0 Å². The number of nitrogens with zero attached hydrogens (tertiary/aromatic N) is 1. The van der Waals surface area contributed by atoms with E-state index in [1.54, 1.807) is 0 Å². The van der Waals surface area contributed by atoms with Gasteiger partial charge in [0.1, 0.15) is 0 Å². The molecular formula is C13H18ClNO. The molecule has 0 aromatic heterocycles. The van der Waals surface area contributed by atoms with Crippen LogP contribution < -0.4 is 0 Å². The van der Waals surface area contributed by atoms with E-state index in [4.69, 9.17) is 0 Å². The first kappa shape index (κ1) is 13.0. The molecule has 1 aliphatic heterocycles. The molecule has 2 rings (SSSR count). The lowest BCUT2D eigenvalue weighted by atomic mass is 10.00. The average Bonchev–Trinajstić information content (AvgIpc) is 2.82. The van der Waals surface area contributed by atoms with Crippen LogP contribution in [-0.2, 0) is 4.79 Å². The predicted octanol–water partition coefficient (Wildman–Crippen LogP) is 2.83. The number of hydrogen-bond acceptors (Lipinski definition) is 1. The molecule has 1 saturated heterocycles. The molecule has 0 spiro atoms. The summed E-state index contributed by atoms with van der Waals surface area (Å²) >= 11 is 0. The van der Waals surface area contributed by atoms with E-state index in [1.165, 1.54) is 0 Å². The Bertz CT molecular complexity index is 333. The molecule has 1 atom stereocenters. The van der Waals surface area contributed by atoms with E-state index in [1.807, 2.05) is 42.2 Å². The molecule has 0 radical (unpaired) electrons. The van der Waals surface area contributed by atoms with E-state index in [2.05, 4.69) is 0 Å². The highest BCUT2D eigenvalue weighted by atomic mass is 35.5. The molecule has 0 bridgehead atoms. The number of carbonyl (C=O) groups is 1. The van der Waals surface area contributed by atoms with Crippen LogP contribution in [0.1, 0.15) is 31.2 Å². The van der Waals surface area contributed by atoms with Crippen molar-refractivity contribution in [3.8, 4) is 0 Å². The maximum absolute atomic E-state index is 12.1. The van der Waals surface area contributed by atoms with Gasteiger partial charge in [0, 0.05) is 13.1 Å². The molecule has 1 aliphatic rings. The Kier molecular flexibility index (Phi) is 4.81. The lowest BCUT2D eigenvalue weighted by Gasteiger charge is -2.20. The smallest absolute Gasteiger partial charge is 0.229 e. The minimum Gasteiger partial charge on any atom is -0.342 e. The van der Waals surface area contributed by atoms with Gasteiger partial charge in [-0.15, -0.1) is 12.4 Å². The molecular weight excluding hydrogens is 222 g/mol. The van der Waals surface area contributed by atoms with Crippen molar-refractivity contribution in [2.45, 2.75) is 25.7 Å². The molecule has 1 aromatic rings. The van der Waals surface area contributed by atoms with Gasteiger partial charge in [-0.2, -0.15) is 0 Å². The van der Waals surface area contributed by atoms with Crippen molar-refractivity contribution in [1.29, 1.82) is 0 Å². The molecule has 0 N–H and O–H groups in total. The van der Waals surface area contributed by atoms with Crippen molar-refractivity contribution in [3.63, 3.8) is 0 Å². The van der Waals surface area contributed by atoms with Crippen molar-refractivity contribution in [2.75, 3.05) is 13.1 Å². The first-order valence-corrected chi connectivity index (χ1v) is 5.63. The van der Waals surface area contributed by atoms with Gasteiger partial charge in [-0.05, 0) is 25.3 Å². The standard InChI is InChI=1S/C13H17NO.ClH/c1-11(12-7-3-2-4-8-12)13(15)14-9-5-6-10-14;/h2-4,7-8,11H,5-6,9-10H2,1H3;1H. The molecule has 1 amide bonds. The lowest BCUT2D eigenvalue weighted by Crippen LogP contribution is -2.31. The first-order chi connectivity index (χ1) is 7.29. The van der Waals surface area contributed by atoms with Gasteiger partial charge in [-0.3, -0.25) is 4.79 Å². The molecule has 0 aliphatic carbocycles. The summed E-state index contributed by atoms with van der Waals surface area (Å²) in [6.45, 7) is 3.88. The van der Waals surface area contributed by atoms with Crippen LogP contribution in [0.5, 0.6) is 0 Å². The summed E-state index contributed by atoms with van der Waals surface area (Å²) in [6.07, 6.45) is 2.32. The van der Waals surface area contributed by atoms with E-state index in [9.17, 15) is 4.79 Å². The third-order valence-electron chi connectivity index (χ3n) is 3.09. The van der Waals surface area contributed by atoms with Crippen molar-refractivity contribution in [3.05, 3.63) is 35.9 Å². The normalized spacial score (nSPS) is 16.7. The Morgan fingerprint density at radius 1 is 1.19 bits per heavy atom. The second-order valence-corrected chi connectivity index (χ2v) is 4.16. The third kappa shape index (κ3) is 2.76. The van der Waals surface area contributed by atoms with Crippen molar-refractivity contribution >= 4 is 18.3 Å². The summed E-state index contributed by atoms with van der Waals surface area (Å²) in [7, 11) is 0. The van der Waals surface area contributed by atoms with Crippen LogP contribution in [-0.4, -0.2) is 23.9 Å². The molecule has 2 nitrogen and oxygen atoms in total. The van der Waals surface area contributed by atoms with Gasteiger partial charge in [0.15, 0.2) is 0 Å². The summed E-state index contributed by atoms with van der Waals surface area (Å²) in [6, 6.07) is 10.0. The van der Waals surface area contributed by atoms with Crippen LogP contribution in [0.4, 0.5) is 0 Å². The minimum atomic E-state index is 0. The van der Waals surface area contributed by atoms with Gasteiger partial charge >= 0.3 is 0 Å². The summed E-state index contributed by atoms with van der Waals surface area (Å²) in [4.78, 5) is 14.1. The Morgan fingerprint density at radius 2 is 1.75 bits per heavy atom. The summed E-state index contributed by atoms with van der Waals surface area (Å²) in [5, 5.41) is 0. The lowest BCUT2D eigenvalue weighted by molar-refractivity contribution is -0.131. The summed E-state index contributed by atoms with van der Waals surface area (Å²) < 4.78 is 0. The second kappa shape index (κ2) is 5.90. The van der Waals surface area contributed by atoms with E-state index in [0.29, 0.717) is 0 Å². The first-order valence-electron chi connectivity index (χ1n) is 5.63. The highest BCUT2D eigenvalue weighted by Crippen LogP contribution is 2.20. The van der Waals surface area contributed by atoms with E-state index in [-0.39, 0.29) is 24.2 Å². The maximum Gasteiger partial charge on any atom is 0.229 e. The number of carbonyl (C=O) groups excluding carboxylic acids is 1. The fourth-order valence-electron chi connectivity index (χ4n) is 2.10. The van der Waals surface area contributed by atoms with Crippen LogP contribution in [0.15, 0.2) is 30.3 Å². The van der Waals surface area contributed by atoms with Crippen molar-refractivity contribution < 1.29 is 4.79 Å². The van der Waals surface area contributed by atoms with Crippen LogP contribution in [0.25, 0.3) is 0 Å². The highest BCUT2D eigenvalue weighted by molar-refractivity contribution is 5.85. The molecule has 1 fully saturated rings. The monoisotopic (exact) mass is 239 g/mol. The van der Waals surface area contributed by atoms with Crippen molar-refractivity contribution in [1.82, 2.24) is 4.90 Å². The second-order valence-electron chi connectivity index (χ2n) is 4.16. The average molecular weight is 240 g/mol. The van der Waals surface area contributed by atoms with Crippen LogP contribution in [0.3, 0.4) is 0 Å². The quantitative estimate of drug-likeness (QED) is 0.777. The SMILES string of the molecule is CC(C(=O)N1CCCC1)c1ccccc1.Cl. The van der Waals surface area contributed by atoms with Gasteiger partial charge in [-0.25, -0.2) is 0 Å². The number of halogens is 1. The topological polar surface area (TPSA) is 20.3 Å². The molecule has 1 aromatic carbocycles. The summed E-state index contributed by atoms with van der Waals surface area (Å²) in [5.74, 6) is 0.281. The highest BCUT2D eigenvalue weighted by Gasteiger charge is 2.23. The predicted molar refractivity (Wildman–Crippen MR) is 67.9 cm³/mol. The Morgan fingerprint density at radius 3 is 2.31 bits per heavy atom. The Hall–Kier alpha value is -1.02. The zero-order valence-corrected chi connectivity index (χ0v) is 10.4. The van der Waals surface area contributed by atoms with Gasteiger partial charge in [0.05, 0.1) is 5.92 Å². The maximum atomic E-state index is 12.1. The van der Waals surface area contributed by atoms with Crippen LogP contribution >= 0.6 is 12.4 Å². The summed E-state index contributed by atoms with van der Waals surface area (Å²) in [5.41, 5.74) is 1.12. The molecule has 1 heterocycles. The van der Waals surface area contributed by atoms with Crippen LogP contribution in [0, 0.1) is 0 Å². The zero-order valence-electron chi connectivity index (χ0n) is 9.56. The number of benzene rings is 1. The van der Waals surface area contributed by atoms with Gasteiger partial charge < -0.3 is 4.90 Å². The van der Waals surface area contributed by atoms with E-state index >= 15 is 0 Å². The van der Waals surface area contributed by atoms with E-state index < -0.39 is 0 Å². The Labute approximate surface area is 103 Å². The minimum absolute atomic E-state index is 0. The molecule has 3 heteroatoms. The molecule has 88 valence electrons. The number of rotatable bonds is 2. The van der Waals surface area contributed by atoms with E-state index in [0.717, 1.165) is 31.5 Å². The number of hydrogen-bond donors (Lipinski definition) is 0. The zero-order chi connectivity index (χ0) is 10.7. The molecule has 0 saturated carbocycles. The Balaban J connectivity index is 0.00000128. The van der Waals surface area contributed by atoms with Gasteiger partial charge in [-0.1, -0.05) is 30.3 Å². The van der Waals surface area contributed by atoms with Crippen molar-refractivity contribution in [2.24, 2.45) is 0 Å². The molecule has 1 unspecified atom stereocenters. The van der Waals surface area contributed by atoms with Gasteiger partial charge in [0.2, 0.25) is 5.91 Å². The number of amides is 1. The molecule has 16 heavy (non-hydrogen) atoms. The third-order valence-corrected chi connectivity index (χ3v) is 3.09. The number of likely N-dealkylation sites (tertiary alicyclic amines) is 1. The van der Waals surface area contributed by atoms with Crippen LogP contribution in [0.2, 0.25) is 0 Å². The fourth-order valence-corrected chi connectivity index (χ4v) is 2.10.